The maximum absolute atomic E-state index is 10.2. The summed E-state index contributed by atoms with van der Waals surface area (Å²) in [5, 5.41) is 10.2. The topological polar surface area (TPSA) is 50.5 Å². The molecule has 5 heteroatoms. The van der Waals surface area contributed by atoms with E-state index in [1.807, 2.05) is 6.20 Å². The highest BCUT2D eigenvalue weighted by Gasteiger charge is 2.55. The predicted octanol–water partition coefficient (Wildman–Crippen LogP) is 2.22. The number of hydrogen-bond acceptors (Lipinski definition) is 4. The van der Waals surface area contributed by atoms with Crippen LogP contribution < -0.4 is 0 Å². The van der Waals surface area contributed by atoms with E-state index in [4.69, 9.17) is 4.74 Å². The molecule has 1 N–H and O–H groups in total. The minimum Gasteiger partial charge on any atom is -0.392 e. The highest BCUT2D eigenvalue weighted by Crippen LogP contribution is 2.50. The van der Waals surface area contributed by atoms with Crippen molar-refractivity contribution >= 4 is 0 Å². The molecule has 5 nitrogen and oxygen atoms in total. The van der Waals surface area contributed by atoms with Crippen LogP contribution in [-0.4, -0.2) is 58.0 Å². The Bertz CT molecular complexity index is 492. The molecule has 2 heterocycles. The number of aliphatic hydroxyl groups excluding tert-OH is 1. The van der Waals surface area contributed by atoms with Gasteiger partial charge in [0.25, 0.3) is 0 Å². The van der Waals surface area contributed by atoms with Gasteiger partial charge in [-0.05, 0) is 59.2 Å². The Morgan fingerprint density at radius 1 is 1.30 bits per heavy atom. The molecule has 1 saturated carbocycles. The van der Waals surface area contributed by atoms with Crippen molar-refractivity contribution in [2.45, 2.75) is 64.7 Å². The molecule has 2 fully saturated rings. The zero-order valence-electron chi connectivity index (χ0n) is 14.6. The second-order valence-corrected chi connectivity index (χ2v) is 7.15. The molecule has 130 valence electrons. The van der Waals surface area contributed by atoms with Gasteiger partial charge in [-0.15, -0.1) is 0 Å². The van der Waals surface area contributed by atoms with Gasteiger partial charge in [0.1, 0.15) is 5.82 Å². The van der Waals surface area contributed by atoms with Crippen LogP contribution in [0.4, 0.5) is 0 Å². The molecule has 0 aromatic carbocycles. The summed E-state index contributed by atoms with van der Waals surface area (Å²) in [6.07, 6.45) is 9.49. The van der Waals surface area contributed by atoms with Crippen molar-refractivity contribution in [2.24, 2.45) is 5.41 Å². The molecule has 23 heavy (non-hydrogen) atoms. The van der Waals surface area contributed by atoms with Crippen molar-refractivity contribution in [1.29, 1.82) is 0 Å². The van der Waals surface area contributed by atoms with Crippen LogP contribution in [0.15, 0.2) is 12.4 Å². The van der Waals surface area contributed by atoms with Crippen LogP contribution in [0.5, 0.6) is 0 Å². The van der Waals surface area contributed by atoms with E-state index in [2.05, 4.69) is 34.5 Å². The van der Waals surface area contributed by atoms with Crippen molar-refractivity contribution in [2.75, 3.05) is 26.2 Å². The molecular weight excluding hydrogens is 290 g/mol. The highest BCUT2D eigenvalue weighted by molar-refractivity contribution is 5.06. The molecule has 1 spiro atoms. The first-order chi connectivity index (χ1) is 11.2. The molecule has 0 amide bonds. The smallest absolute Gasteiger partial charge is 0.105 e. The quantitative estimate of drug-likeness (QED) is 0.783. The number of rotatable bonds is 7. The van der Waals surface area contributed by atoms with Gasteiger partial charge in [-0.3, -0.25) is 0 Å². The number of likely N-dealkylation sites (tertiary alicyclic amines) is 1. The summed E-state index contributed by atoms with van der Waals surface area (Å²) < 4.78 is 8.07. The minimum atomic E-state index is -0.148. The average Bonchev–Trinajstić information content (AvgIpc) is 2.97. The fourth-order valence-corrected chi connectivity index (χ4v) is 4.27. The number of unbranched alkanes of at least 4 members (excludes halogenated alkanes) is 1. The summed E-state index contributed by atoms with van der Waals surface area (Å²) in [5.74, 6) is 1.10. The summed E-state index contributed by atoms with van der Waals surface area (Å²) >= 11 is 0. The summed E-state index contributed by atoms with van der Waals surface area (Å²) in [4.78, 5) is 6.82. The number of hydrogen-bond donors (Lipinski definition) is 1. The Labute approximate surface area is 139 Å². The molecule has 1 aromatic heterocycles. The van der Waals surface area contributed by atoms with Gasteiger partial charge in [-0.25, -0.2) is 4.98 Å². The first kappa shape index (κ1) is 16.9. The van der Waals surface area contributed by atoms with Gasteiger partial charge in [-0.2, -0.15) is 0 Å². The normalized spacial score (nSPS) is 27.3. The number of piperidine rings is 1. The van der Waals surface area contributed by atoms with E-state index in [1.54, 1.807) is 0 Å². The van der Waals surface area contributed by atoms with Gasteiger partial charge < -0.3 is 19.3 Å². The third kappa shape index (κ3) is 3.47. The van der Waals surface area contributed by atoms with E-state index < -0.39 is 0 Å². The molecule has 1 aromatic rings. The van der Waals surface area contributed by atoms with Gasteiger partial charge in [0, 0.05) is 37.4 Å². The molecule has 2 atom stereocenters. The maximum Gasteiger partial charge on any atom is 0.105 e. The molecule has 2 unspecified atom stereocenters. The fraction of sp³-hybridized carbons (Fsp3) is 0.833. The number of ether oxygens (including phenoxy) is 1. The van der Waals surface area contributed by atoms with Crippen molar-refractivity contribution in [3.05, 3.63) is 18.2 Å². The first-order valence-electron chi connectivity index (χ1n) is 9.15. The van der Waals surface area contributed by atoms with Crippen LogP contribution >= 0.6 is 0 Å². The molecule has 0 bridgehead atoms. The summed E-state index contributed by atoms with van der Waals surface area (Å²) in [7, 11) is 0. The number of aliphatic hydroxyl groups is 1. The largest absolute Gasteiger partial charge is 0.392 e. The minimum absolute atomic E-state index is 0.0560. The Morgan fingerprint density at radius 2 is 2.04 bits per heavy atom. The predicted molar refractivity (Wildman–Crippen MR) is 90.3 cm³/mol. The fourth-order valence-electron chi connectivity index (χ4n) is 4.27. The van der Waals surface area contributed by atoms with Crippen LogP contribution in [0.1, 0.15) is 44.9 Å². The van der Waals surface area contributed by atoms with E-state index in [0.717, 1.165) is 51.3 Å². The molecule has 1 aliphatic carbocycles. The Balaban J connectivity index is 1.37. The highest BCUT2D eigenvalue weighted by atomic mass is 16.5. The number of aryl methyl sites for hydroxylation is 2. The zero-order valence-corrected chi connectivity index (χ0v) is 14.6. The Hall–Kier alpha value is -0.910. The number of aromatic nitrogens is 2. The van der Waals surface area contributed by atoms with Crippen LogP contribution in [0.2, 0.25) is 0 Å². The molecule has 0 radical (unpaired) electrons. The average molecular weight is 321 g/mol. The molecular formula is C18H31N3O2. The lowest BCUT2D eigenvalue weighted by molar-refractivity contribution is -0.209. The van der Waals surface area contributed by atoms with E-state index in [-0.39, 0.29) is 17.6 Å². The lowest BCUT2D eigenvalue weighted by atomic mass is 9.58. The first-order valence-corrected chi connectivity index (χ1v) is 9.15. The summed E-state index contributed by atoms with van der Waals surface area (Å²) in [6.45, 7) is 9.30. The third-order valence-electron chi connectivity index (χ3n) is 5.94. The third-order valence-corrected chi connectivity index (χ3v) is 5.94. The van der Waals surface area contributed by atoms with E-state index in [1.165, 1.54) is 19.4 Å². The van der Waals surface area contributed by atoms with Crippen LogP contribution in [0.25, 0.3) is 0 Å². The zero-order chi connectivity index (χ0) is 16.3. The molecule has 1 saturated heterocycles. The summed E-state index contributed by atoms with van der Waals surface area (Å²) in [5.41, 5.74) is 0.0560. The Kier molecular flexibility index (Phi) is 5.39. The van der Waals surface area contributed by atoms with E-state index in [9.17, 15) is 5.11 Å². The second kappa shape index (κ2) is 7.32. The monoisotopic (exact) mass is 321 g/mol. The molecule has 1 aliphatic heterocycles. The standard InChI is InChI=1S/C18H31N3O2/c1-3-23-17-14-16(22)18(17)6-11-20(12-7-18)9-4-5-10-21-13-8-19-15(21)2/h8,13,16-17,22H,3-7,9-12,14H2,1-2H3. The Morgan fingerprint density at radius 3 is 2.65 bits per heavy atom. The lowest BCUT2D eigenvalue weighted by Crippen LogP contribution is -2.62. The SMILES string of the molecule is CCOC1CC(O)C12CCN(CCCCn1ccnc1C)CC2. The van der Waals surface area contributed by atoms with E-state index >= 15 is 0 Å². The number of imidazole rings is 1. The van der Waals surface area contributed by atoms with Gasteiger partial charge in [-0.1, -0.05) is 0 Å². The van der Waals surface area contributed by atoms with Crippen molar-refractivity contribution in [1.82, 2.24) is 14.5 Å². The van der Waals surface area contributed by atoms with Gasteiger partial charge in [0.15, 0.2) is 0 Å². The molecule has 3 rings (SSSR count). The molecule has 2 aliphatic rings. The lowest BCUT2D eigenvalue weighted by Gasteiger charge is -2.56. The number of nitrogens with zero attached hydrogens (tertiary/aromatic N) is 3. The summed E-state index contributed by atoms with van der Waals surface area (Å²) in [6, 6.07) is 0. The second-order valence-electron chi connectivity index (χ2n) is 7.15. The van der Waals surface area contributed by atoms with Gasteiger partial charge >= 0.3 is 0 Å². The van der Waals surface area contributed by atoms with Crippen LogP contribution in [0, 0.1) is 12.3 Å². The van der Waals surface area contributed by atoms with Crippen LogP contribution in [-0.2, 0) is 11.3 Å². The van der Waals surface area contributed by atoms with Crippen molar-refractivity contribution in [3.63, 3.8) is 0 Å². The van der Waals surface area contributed by atoms with Crippen LogP contribution in [0.3, 0.4) is 0 Å². The maximum atomic E-state index is 10.2. The van der Waals surface area contributed by atoms with Gasteiger partial charge in [0.2, 0.25) is 0 Å². The van der Waals surface area contributed by atoms with Crippen molar-refractivity contribution in [3.8, 4) is 0 Å². The van der Waals surface area contributed by atoms with E-state index in [0.29, 0.717) is 0 Å². The van der Waals surface area contributed by atoms with Crippen molar-refractivity contribution < 1.29 is 9.84 Å². The van der Waals surface area contributed by atoms with Gasteiger partial charge in [0.05, 0.1) is 12.2 Å².